The molecule has 2 aromatic rings. The molecular formula is C35H43F6N7O4S. The van der Waals surface area contributed by atoms with E-state index in [0.29, 0.717) is 63.0 Å². The molecule has 5 saturated heterocycles. The molecule has 0 saturated carbocycles. The number of alkyl halides is 6. The van der Waals surface area contributed by atoms with Gasteiger partial charge < -0.3 is 35.4 Å². The summed E-state index contributed by atoms with van der Waals surface area (Å²) in [5, 5.41) is 6.80. The van der Waals surface area contributed by atoms with Crippen LogP contribution in [0.3, 0.4) is 0 Å². The smallest absolute Gasteiger partial charge is 0.418 e. The average molecular weight is 772 g/mol. The Morgan fingerprint density at radius 3 is 2.09 bits per heavy atom. The Morgan fingerprint density at radius 1 is 0.868 bits per heavy atom. The Morgan fingerprint density at radius 2 is 1.51 bits per heavy atom. The summed E-state index contributed by atoms with van der Waals surface area (Å²) >= 11 is 1.51. The molecule has 0 spiro atoms. The number of amides is 4. The van der Waals surface area contributed by atoms with Gasteiger partial charge in [-0.15, -0.1) is 11.3 Å². The van der Waals surface area contributed by atoms with Gasteiger partial charge in [-0.25, -0.2) is 9.59 Å². The van der Waals surface area contributed by atoms with Crippen LogP contribution in [0.25, 0.3) is 0 Å². The molecular weight excluding hydrogens is 728 g/mol. The first-order valence-corrected chi connectivity index (χ1v) is 19.0. The Kier molecular flexibility index (Phi) is 10.5. The van der Waals surface area contributed by atoms with Crippen molar-refractivity contribution in [3.05, 3.63) is 45.1 Å². The molecule has 290 valence electrons. The van der Waals surface area contributed by atoms with E-state index in [2.05, 4.69) is 15.1 Å². The number of halogens is 6. The van der Waals surface area contributed by atoms with Crippen molar-refractivity contribution in [2.24, 2.45) is 5.92 Å². The number of thiophene rings is 1. The molecule has 7 heterocycles. The lowest BCUT2D eigenvalue weighted by Crippen LogP contribution is -2.62. The Balaban J connectivity index is 1.06. The van der Waals surface area contributed by atoms with Crippen LogP contribution in [0.15, 0.2) is 22.9 Å². The number of nitrogen functional groups attached to an aromatic ring is 1. The van der Waals surface area contributed by atoms with Gasteiger partial charge >= 0.3 is 24.5 Å². The predicted molar refractivity (Wildman–Crippen MR) is 184 cm³/mol. The first kappa shape index (κ1) is 37.5. The quantitative estimate of drug-likeness (QED) is 0.307. The number of benzene rings is 1. The van der Waals surface area contributed by atoms with Crippen molar-refractivity contribution in [2.75, 3.05) is 76.5 Å². The third kappa shape index (κ3) is 8.04. The molecule has 5 fully saturated rings. The van der Waals surface area contributed by atoms with E-state index in [-0.39, 0.29) is 38.3 Å². The molecule has 53 heavy (non-hydrogen) atoms. The number of ether oxygens (including phenoxy) is 1. The maximum absolute atomic E-state index is 14.0. The number of anilines is 2. The normalized spacial score (nSPS) is 25.1. The van der Waals surface area contributed by atoms with E-state index in [1.165, 1.54) is 21.1 Å². The van der Waals surface area contributed by atoms with Crippen molar-refractivity contribution < 1.29 is 45.5 Å². The fourth-order valence-corrected chi connectivity index (χ4v) is 9.40. The van der Waals surface area contributed by atoms with Gasteiger partial charge in [0.1, 0.15) is 0 Å². The van der Waals surface area contributed by atoms with Crippen LogP contribution in [0.4, 0.5) is 47.3 Å². The second-order valence-electron chi connectivity index (χ2n) is 14.6. The van der Waals surface area contributed by atoms with Crippen molar-refractivity contribution in [3.8, 4) is 0 Å². The molecule has 1 unspecified atom stereocenters. The zero-order valence-electron chi connectivity index (χ0n) is 29.1. The molecule has 0 aliphatic carbocycles. The molecule has 1 aromatic heterocycles. The zero-order valence-corrected chi connectivity index (χ0v) is 29.9. The summed E-state index contributed by atoms with van der Waals surface area (Å²) in [6.45, 7) is 5.58. The molecule has 8 rings (SSSR count). The number of piperazine rings is 1. The zero-order chi connectivity index (χ0) is 37.7. The van der Waals surface area contributed by atoms with Crippen molar-refractivity contribution >= 4 is 40.7 Å². The number of likely N-dealkylation sites (tertiary alicyclic amines) is 1. The maximum atomic E-state index is 14.0. The molecule has 1 aromatic carbocycles. The lowest BCUT2D eigenvalue weighted by atomic mass is 9.83. The average Bonchev–Trinajstić information content (AvgIpc) is 3.51. The van der Waals surface area contributed by atoms with Gasteiger partial charge in [-0.2, -0.15) is 26.3 Å². The number of hydrogen-bond donors (Lipinski definition) is 2. The highest BCUT2D eigenvalue weighted by Gasteiger charge is 2.43. The minimum Gasteiger partial charge on any atom is -0.436 e. The number of carbonyl (C=O) groups excluding carboxylic acids is 3. The molecule has 11 nitrogen and oxygen atoms in total. The van der Waals surface area contributed by atoms with Gasteiger partial charge in [-0.05, 0) is 79.8 Å². The number of hydrogen-bond acceptors (Lipinski definition) is 8. The van der Waals surface area contributed by atoms with Gasteiger partial charge in [0, 0.05) is 76.2 Å². The molecule has 2 atom stereocenters. The number of nitrogens with zero attached hydrogens (tertiary/aromatic N) is 5. The van der Waals surface area contributed by atoms with Gasteiger partial charge in [0.15, 0.2) is 6.10 Å². The number of fused-ring (bicyclic) bond motifs is 4. The van der Waals surface area contributed by atoms with Gasteiger partial charge in [0.2, 0.25) is 0 Å². The monoisotopic (exact) mass is 771 g/mol. The first-order chi connectivity index (χ1) is 25.2. The Bertz CT molecular complexity index is 1650. The fourth-order valence-electron chi connectivity index (χ4n) is 8.58. The van der Waals surface area contributed by atoms with E-state index in [1.807, 2.05) is 10.8 Å². The van der Waals surface area contributed by atoms with Crippen molar-refractivity contribution in [1.82, 2.24) is 24.5 Å². The summed E-state index contributed by atoms with van der Waals surface area (Å²) in [6.07, 6.45) is -10.00. The Labute approximate surface area is 307 Å². The van der Waals surface area contributed by atoms with E-state index >= 15 is 0 Å². The Hall–Kier alpha value is -3.77. The van der Waals surface area contributed by atoms with E-state index < -0.39 is 59.3 Å². The summed E-state index contributed by atoms with van der Waals surface area (Å²) in [6, 6.07) is 0.924. The van der Waals surface area contributed by atoms with Crippen LogP contribution in [0.2, 0.25) is 0 Å². The fraction of sp³-hybridized carbons (Fsp3) is 0.629. The van der Waals surface area contributed by atoms with Crippen molar-refractivity contribution in [1.29, 1.82) is 0 Å². The van der Waals surface area contributed by atoms with Crippen LogP contribution in [0.1, 0.15) is 47.9 Å². The van der Waals surface area contributed by atoms with Gasteiger partial charge in [-0.1, -0.05) is 0 Å². The number of nitrogens with one attached hydrogen (secondary N) is 1. The molecule has 18 heteroatoms. The SMILES string of the molecule is Nc1c(C(F)(F)F)cc(C[C@@H](OC(=O)N2CCC(N3CCc4cscc4NC3=O)CC2)C(=O)N2CCN(C3CN4CCC3CC4)CC2)cc1C(F)(F)F. The van der Waals surface area contributed by atoms with Crippen molar-refractivity contribution in [3.63, 3.8) is 0 Å². The van der Waals surface area contributed by atoms with Crippen LogP contribution in [-0.4, -0.2) is 126 Å². The second kappa shape index (κ2) is 14.8. The van der Waals surface area contributed by atoms with Gasteiger partial charge in [0.25, 0.3) is 5.91 Å². The van der Waals surface area contributed by atoms with Crippen LogP contribution < -0.4 is 11.1 Å². The summed E-state index contributed by atoms with van der Waals surface area (Å²) in [7, 11) is 0. The number of rotatable bonds is 6. The molecule has 3 N–H and O–H groups in total. The van der Waals surface area contributed by atoms with E-state index in [1.54, 1.807) is 4.90 Å². The number of carbonyl (C=O) groups is 3. The first-order valence-electron chi connectivity index (χ1n) is 18.1. The third-order valence-corrected chi connectivity index (χ3v) is 12.3. The van der Waals surface area contributed by atoms with E-state index in [9.17, 15) is 40.7 Å². The highest BCUT2D eigenvalue weighted by atomic mass is 32.1. The predicted octanol–water partition coefficient (Wildman–Crippen LogP) is 5.21. The molecule has 0 radical (unpaired) electrons. The van der Waals surface area contributed by atoms with Gasteiger partial charge in [-0.3, -0.25) is 9.69 Å². The minimum atomic E-state index is -5.21. The number of urea groups is 1. The molecule has 2 bridgehead atoms. The van der Waals surface area contributed by atoms with Crippen molar-refractivity contribution in [2.45, 2.75) is 69.1 Å². The maximum Gasteiger partial charge on any atom is 0.418 e. The molecule has 6 aliphatic heterocycles. The van der Waals surface area contributed by atoms with Crippen LogP contribution in [-0.2, 0) is 34.7 Å². The van der Waals surface area contributed by atoms with Crippen LogP contribution in [0, 0.1) is 5.92 Å². The standard InChI is InChI=1S/C35H43F6N7O4S/c36-34(37,38)25-15-21(16-26(30(25)42)35(39,40)41)17-29(31(49)46-13-11-45(12-14-46)28-18-44-6-1-22(28)2-7-44)52-33(51)47-8-4-24(5-9-47)48-10-3-23-19-53-20-27(23)43-32(48)50/h15-16,19-20,22,24,28-29H,1-14,17-18,42H2,(H,43,50)/t28?,29-/m1/s1. The second-order valence-corrected chi connectivity index (χ2v) is 15.4. The van der Waals surface area contributed by atoms with Gasteiger partial charge in [0.05, 0.1) is 22.5 Å². The lowest BCUT2D eigenvalue weighted by molar-refractivity contribution is -0.143. The number of piperidine rings is 4. The highest BCUT2D eigenvalue weighted by Crippen LogP contribution is 2.42. The van der Waals surface area contributed by atoms with Crippen LogP contribution in [0.5, 0.6) is 0 Å². The van der Waals surface area contributed by atoms with E-state index in [4.69, 9.17) is 10.5 Å². The highest BCUT2D eigenvalue weighted by molar-refractivity contribution is 7.08. The summed E-state index contributed by atoms with van der Waals surface area (Å²) < 4.78 is 89.1. The lowest BCUT2D eigenvalue weighted by Gasteiger charge is -2.51. The molecule has 4 amide bonds. The van der Waals surface area contributed by atoms with Crippen LogP contribution >= 0.6 is 11.3 Å². The topological polar surface area (TPSA) is 115 Å². The number of nitrogens with two attached hydrogens (primary N) is 1. The summed E-state index contributed by atoms with van der Waals surface area (Å²) in [5.74, 6) is -0.118. The largest absolute Gasteiger partial charge is 0.436 e. The molecule has 6 aliphatic rings. The van der Waals surface area contributed by atoms with E-state index in [0.717, 1.165) is 43.7 Å². The summed E-state index contributed by atoms with van der Waals surface area (Å²) in [5.41, 5.74) is 1.88. The summed E-state index contributed by atoms with van der Waals surface area (Å²) in [4.78, 5) is 50.0. The third-order valence-electron chi connectivity index (χ3n) is 11.5. The minimum absolute atomic E-state index is 0.173.